The molecule has 0 unspecified atom stereocenters. The Morgan fingerprint density at radius 2 is 2.06 bits per heavy atom. The number of rotatable bonds is 7. The molecular weight excluding hydrogens is 290 g/mol. The number of halogens is 1. The fourth-order valence-electron chi connectivity index (χ4n) is 2.06. The van der Waals surface area contributed by atoms with Crippen molar-refractivity contribution in [2.45, 2.75) is 33.6 Å². The second-order valence-corrected chi connectivity index (χ2v) is 6.27. The molecule has 18 heavy (non-hydrogen) atoms. The Labute approximate surface area is 119 Å². The maximum absolute atomic E-state index is 5.25. The van der Waals surface area contributed by atoms with E-state index in [9.17, 15) is 0 Å². The predicted octanol–water partition coefficient (Wildman–Crippen LogP) is 4.03. The molecule has 0 bridgehead atoms. The van der Waals surface area contributed by atoms with Crippen molar-refractivity contribution < 1.29 is 4.74 Å². The summed E-state index contributed by atoms with van der Waals surface area (Å²) in [5.41, 5.74) is 1.67. The van der Waals surface area contributed by atoms with E-state index in [1.54, 1.807) is 7.11 Å². The Balaban J connectivity index is 2.62. The Morgan fingerprint density at radius 3 is 2.61 bits per heavy atom. The van der Waals surface area contributed by atoms with Crippen LogP contribution in [0.2, 0.25) is 0 Å². The first kappa shape index (κ1) is 15.5. The number of benzene rings is 1. The fourth-order valence-corrected chi connectivity index (χ4v) is 2.65. The van der Waals surface area contributed by atoms with E-state index in [4.69, 9.17) is 4.74 Å². The number of ether oxygens (including phenoxy) is 1. The summed E-state index contributed by atoms with van der Waals surface area (Å²) in [5, 5.41) is 3.39. The van der Waals surface area contributed by atoms with Crippen molar-refractivity contribution in [3.05, 3.63) is 28.2 Å². The molecule has 0 aliphatic carbocycles. The molecule has 1 aromatic rings. The summed E-state index contributed by atoms with van der Waals surface area (Å²) in [7, 11) is 1.69. The van der Waals surface area contributed by atoms with Crippen LogP contribution in [0.15, 0.2) is 22.7 Å². The van der Waals surface area contributed by atoms with Gasteiger partial charge < -0.3 is 10.1 Å². The van der Waals surface area contributed by atoms with Crippen LogP contribution in [0.3, 0.4) is 0 Å². The van der Waals surface area contributed by atoms with E-state index in [0.717, 1.165) is 29.7 Å². The molecule has 1 N–H and O–H groups in total. The van der Waals surface area contributed by atoms with Crippen molar-refractivity contribution in [2.75, 3.05) is 20.2 Å². The quantitative estimate of drug-likeness (QED) is 0.767. The van der Waals surface area contributed by atoms with Crippen LogP contribution in [-0.2, 0) is 6.42 Å². The smallest absolute Gasteiger partial charge is 0.133 e. The van der Waals surface area contributed by atoms with Gasteiger partial charge in [0.15, 0.2) is 0 Å². The fraction of sp³-hybridized carbons (Fsp3) is 0.600. The van der Waals surface area contributed by atoms with Crippen LogP contribution in [0.4, 0.5) is 0 Å². The third-order valence-corrected chi connectivity index (χ3v) is 3.75. The van der Waals surface area contributed by atoms with Gasteiger partial charge in [0.1, 0.15) is 5.75 Å². The molecule has 1 rings (SSSR count). The summed E-state index contributed by atoms with van der Waals surface area (Å²) in [6.45, 7) is 8.92. The number of hydrogen-bond acceptors (Lipinski definition) is 2. The Hall–Kier alpha value is -0.540. The average molecular weight is 314 g/mol. The number of methoxy groups -OCH3 is 1. The summed E-state index contributed by atoms with van der Waals surface area (Å²) in [4.78, 5) is 0. The van der Waals surface area contributed by atoms with Crippen molar-refractivity contribution in [3.8, 4) is 5.75 Å². The molecule has 0 saturated carbocycles. The van der Waals surface area contributed by atoms with Crippen molar-refractivity contribution >= 4 is 15.9 Å². The molecule has 0 aliphatic rings. The molecule has 0 atom stereocenters. The van der Waals surface area contributed by atoms with E-state index in [-0.39, 0.29) is 0 Å². The molecule has 102 valence electrons. The maximum Gasteiger partial charge on any atom is 0.133 e. The van der Waals surface area contributed by atoms with Gasteiger partial charge in [0.2, 0.25) is 0 Å². The highest BCUT2D eigenvalue weighted by Gasteiger charge is 2.18. The van der Waals surface area contributed by atoms with Gasteiger partial charge in [0.25, 0.3) is 0 Å². The Morgan fingerprint density at radius 1 is 1.33 bits per heavy atom. The first-order valence-corrected chi connectivity index (χ1v) is 7.31. The summed E-state index contributed by atoms with van der Waals surface area (Å²) >= 11 is 3.54. The third-order valence-electron chi connectivity index (χ3n) is 3.13. The lowest BCUT2D eigenvalue weighted by Gasteiger charge is -2.25. The van der Waals surface area contributed by atoms with Gasteiger partial charge in [-0.15, -0.1) is 0 Å². The van der Waals surface area contributed by atoms with E-state index < -0.39 is 0 Å². The minimum atomic E-state index is 0.316. The highest BCUT2D eigenvalue weighted by atomic mass is 79.9. The van der Waals surface area contributed by atoms with E-state index in [1.807, 2.05) is 6.07 Å². The van der Waals surface area contributed by atoms with Crippen LogP contribution in [0.25, 0.3) is 0 Å². The molecule has 0 aliphatic heterocycles. The average Bonchev–Trinajstić information content (AvgIpc) is 2.29. The van der Waals surface area contributed by atoms with E-state index in [1.165, 1.54) is 12.0 Å². The third kappa shape index (κ3) is 4.99. The second kappa shape index (κ2) is 7.15. The van der Waals surface area contributed by atoms with Gasteiger partial charge in [0.05, 0.1) is 11.6 Å². The predicted molar refractivity (Wildman–Crippen MR) is 81.3 cm³/mol. The van der Waals surface area contributed by atoms with Crippen LogP contribution in [0.1, 0.15) is 32.8 Å². The van der Waals surface area contributed by atoms with E-state index in [2.05, 4.69) is 54.2 Å². The number of nitrogens with one attached hydrogen (secondary N) is 1. The second-order valence-electron chi connectivity index (χ2n) is 5.41. The minimum absolute atomic E-state index is 0.316. The molecule has 2 nitrogen and oxygen atoms in total. The normalized spacial score (nSPS) is 11.6. The van der Waals surface area contributed by atoms with Gasteiger partial charge in [-0.3, -0.25) is 0 Å². The molecule has 0 spiro atoms. The molecular formula is C15H24BrNO. The van der Waals surface area contributed by atoms with Gasteiger partial charge in [-0.05, 0) is 65.0 Å². The van der Waals surface area contributed by atoms with Crippen LogP contribution in [-0.4, -0.2) is 20.2 Å². The molecule has 0 heterocycles. The maximum atomic E-state index is 5.25. The highest BCUT2D eigenvalue weighted by molar-refractivity contribution is 9.10. The van der Waals surface area contributed by atoms with Crippen molar-refractivity contribution in [1.29, 1.82) is 0 Å². The van der Waals surface area contributed by atoms with Gasteiger partial charge in [-0.2, -0.15) is 0 Å². The molecule has 0 amide bonds. The summed E-state index contributed by atoms with van der Waals surface area (Å²) in [6, 6.07) is 6.34. The monoisotopic (exact) mass is 313 g/mol. The first-order chi connectivity index (χ1) is 8.48. The standard InChI is InChI=1S/C15H24BrNO/c1-5-17-9-8-15(2,3)11-12-6-7-14(18-4)13(16)10-12/h6-7,10,17H,5,8-9,11H2,1-4H3. The minimum Gasteiger partial charge on any atom is -0.496 e. The lowest BCUT2D eigenvalue weighted by molar-refractivity contribution is 0.326. The SMILES string of the molecule is CCNCCC(C)(C)Cc1ccc(OC)c(Br)c1. The van der Waals surface area contributed by atoms with Crippen molar-refractivity contribution in [1.82, 2.24) is 5.32 Å². The topological polar surface area (TPSA) is 21.3 Å². The Kier molecular flexibility index (Phi) is 6.16. The van der Waals surface area contributed by atoms with Gasteiger partial charge in [0, 0.05) is 0 Å². The molecule has 0 radical (unpaired) electrons. The first-order valence-electron chi connectivity index (χ1n) is 6.51. The van der Waals surface area contributed by atoms with Gasteiger partial charge >= 0.3 is 0 Å². The largest absolute Gasteiger partial charge is 0.496 e. The summed E-state index contributed by atoms with van der Waals surface area (Å²) < 4.78 is 6.29. The molecule has 0 aromatic heterocycles. The van der Waals surface area contributed by atoms with E-state index >= 15 is 0 Å². The Bertz CT molecular complexity index is 377. The summed E-state index contributed by atoms with van der Waals surface area (Å²) in [5.74, 6) is 0.893. The lowest BCUT2D eigenvalue weighted by atomic mass is 9.82. The zero-order valence-electron chi connectivity index (χ0n) is 11.8. The molecule has 0 saturated heterocycles. The zero-order valence-corrected chi connectivity index (χ0v) is 13.4. The zero-order chi connectivity index (χ0) is 13.6. The molecule has 0 fully saturated rings. The van der Waals surface area contributed by atoms with Gasteiger partial charge in [-0.25, -0.2) is 0 Å². The number of hydrogen-bond donors (Lipinski definition) is 1. The lowest BCUT2D eigenvalue weighted by Crippen LogP contribution is -2.23. The van der Waals surface area contributed by atoms with E-state index in [0.29, 0.717) is 5.41 Å². The van der Waals surface area contributed by atoms with Crippen LogP contribution >= 0.6 is 15.9 Å². The summed E-state index contributed by atoms with van der Waals surface area (Å²) in [6.07, 6.45) is 2.27. The highest BCUT2D eigenvalue weighted by Crippen LogP contribution is 2.30. The molecule has 3 heteroatoms. The van der Waals surface area contributed by atoms with Crippen LogP contribution in [0, 0.1) is 5.41 Å². The van der Waals surface area contributed by atoms with Crippen LogP contribution < -0.4 is 10.1 Å². The molecule has 1 aromatic carbocycles. The van der Waals surface area contributed by atoms with Crippen LogP contribution in [0.5, 0.6) is 5.75 Å². The van der Waals surface area contributed by atoms with Crippen molar-refractivity contribution in [3.63, 3.8) is 0 Å². The van der Waals surface area contributed by atoms with Gasteiger partial charge in [-0.1, -0.05) is 26.8 Å². The van der Waals surface area contributed by atoms with Crippen molar-refractivity contribution in [2.24, 2.45) is 5.41 Å².